The molecule has 0 aromatic heterocycles. The minimum Gasteiger partial charge on any atom is -0.507 e. The van der Waals surface area contributed by atoms with E-state index in [2.05, 4.69) is 6.07 Å². The standard InChI is InChI=1S/C10H11NOS/c1-7-3-4-9(13-2)8(5-6-11)10(7)12/h3-4,12H,5H2,1-2H3. The van der Waals surface area contributed by atoms with E-state index in [0.717, 1.165) is 16.0 Å². The quantitative estimate of drug-likeness (QED) is 0.734. The maximum Gasteiger partial charge on any atom is 0.123 e. The van der Waals surface area contributed by atoms with E-state index in [9.17, 15) is 5.11 Å². The van der Waals surface area contributed by atoms with Crippen LogP contribution in [0.15, 0.2) is 17.0 Å². The fourth-order valence-corrected chi connectivity index (χ4v) is 1.80. The molecule has 0 radical (unpaired) electrons. The van der Waals surface area contributed by atoms with Gasteiger partial charge >= 0.3 is 0 Å². The minimum absolute atomic E-state index is 0.258. The molecule has 0 aliphatic heterocycles. The first-order chi connectivity index (χ1) is 6.20. The Morgan fingerprint density at radius 1 is 1.54 bits per heavy atom. The van der Waals surface area contributed by atoms with Crippen molar-refractivity contribution in [1.29, 1.82) is 5.26 Å². The number of phenols is 1. The lowest BCUT2D eigenvalue weighted by molar-refractivity contribution is 0.463. The molecule has 68 valence electrons. The van der Waals surface area contributed by atoms with Gasteiger partial charge < -0.3 is 5.11 Å². The van der Waals surface area contributed by atoms with Crippen LogP contribution in [0.25, 0.3) is 0 Å². The monoisotopic (exact) mass is 193 g/mol. The average molecular weight is 193 g/mol. The van der Waals surface area contributed by atoms with E-state index >= 15 is 0 Å². The van der Waals surface area contributed by atoms with Crippen LogP contribution < -0.4 is 0 Å². The van der Waals surface area contributed by atoms with Crippen molar-refractivity contribution in [3.8, 4) is 11.8 Å². The van der Waals surface area contributed by atoms with Gasteiger partial charge in [0, 0.05) is 10.5 Å². The van der Waals surface area contributed by atoms with Gasteiger partial charge in [0.1, 0.15) is 5.75 Å². The molecular weight excluding hydrogens is 182 g/mol. The SMILES string of the molecule is CSc1ccc(C)c(O)c1CC#N. The van der Waals surface area contributed by atoms with E-state index in [0.29, 0.717) is 0 Å². The Bertz CT molecular complexity index is 355. The normalized spacial score (nSPS) is 9.62. The Balaban J connectivity index is 3.25. The highest BCUT2D eigenvalue weighted by Crippen LogP contribution is 2.31. The second-order valence-electron chi connectivity index (χ2n) is 2.75. The molecule has 0 heterocycles. The van der Waals surface area contributed by atoms with Crippen LogP contribution in [0.5, 0.6) is 5.75 Å². The first kappa shape index (κ1) is 9.94. The van der Waals surface area contributed by atoms with Gasteiger partial charge in [-0.3, -0.25) is 0 Å². The summed E-state index contributed by atoms with van der Waals surface area (Å²) >= 11 is 1.55. The number of hydrogen-bond donors (Lipinski definition) is 1. The van der Waals surface area contributed by atoms with Crippen molar-refractivity contribution in [1.82, 2.24) is 0 Å². The number of phenolic OH excluding ortho intramolecular Hbond substituents is 1. The van der Waals surface area contributed by atoms with Crippen LogP contribution in [-0.2, 0) is 6.42 Å². The highest BCUT2D eigenvalue weighted by molar-refractivity contribution is 7.98. The molecule has 0 saturated carbocycles. The molecule has 0 fully saturated rings. The van der Waals surface area contributed by atoms with Gasteiger partial charge in [-0.1, -0.05) is 6.07 Å². The van der Waals surface area contributed by atoms with Gasteiger partial charge in [-0.25, -0.2) is 0 Å². The minimum atomic E-state index is 0.258. The summed E-state index contributed by atoms with van der Waals surface area (Å²) in [7, 11) is 0. The zero-order valence-corrected chi connectivity index (χ0v) is 8.48. The summed E-state index contributed by atoms with van der Waals surface area (Å²) in [4.78, 5) is 0.977. The Hall–Kier alpha value is -1.14. The number of benzene rings is 1. The van der Waals surface area contributed by atoms with Crippen molar-refractivity contribution in [2.75, 3.05) is 6.26 Å². The van der Waals surface area contributed by atoms with E-state index in [1.54, 1.807) is 11.8 Å². The Morgan fingerprint density at radius 3 is 2.77 bits per heavy atom. The van der Waals surface area contributed by atoms with Gasteiger partial charge in [0.25, 0.3) is 0 Å². The molecule has 0 saturated heterocycles. The number of thioether (sulfide) groups is 1. The van der Waals surface area contributed by atoms with Crippen LogP contribution in [0, 0.1) is 18.3 Å². The molecular formula is C10H11NOS. The molecule has 0 aliphatic rings. The molecule has 13 heavy (non-hydrogen) atoms. The summed E-state index contributed by atoms with van der Waals surface area (Å²) in [6.07, 6.45) is 2.20. The predicted molar refractivity (Wildman–Crippen MR) is 53.9 cm³/mol. The highest BCUT2D eigenvalue weighted by Gasteiger charge is 2.08. The third kappa shape index (κ3) is 1.96. The van der Waals surface area contributed by atoms with E-state index in [1.807, 2.05) is 25.3 Å². The van der Waals surface area contributed by atoms with Crippen molar-refractivity contribution in [3.05, 3.63) is 23.3 Å². The van der Waals surface area contributed by atoms with Crippen molar-refractivity contribution < 1.29 is 5.11 Å². The lowest BCUT2D eigenvalue weighted by Crippen LogP contribution is -1.89. The summed E-state index contributed by atoms with van der Waals surface area (Å²) in [6.45, 7) is 1.83. The molecule has 1 rings (SSSR count). The van der Waals surface area contributed by atoms with Crippen LogP contribution in [0.1, 0.15) is 11.1 Å². The Morgan fingerprint density at radius 2 is 2.23 bits per heavy atom. The lowest BCUT2D eigenvalue weighted by atomic mass is 10.1. The summed E-state index contributed by atoms with van der Waals surface area (Å²) in [6, 6.07) is 5.85. The average Bonchev–Trinajstić information content (AvgIpc) is 2.14. The Labute approximate surface area is 82.2 Å². The van der Waals surface area contributed by atoms with Gasteiger partial charge in [0.05, 0.1) is 12.5 Å². The molecule has 0 bridgehead atoms. The summed E-state index contributed by atoms with van der Waals surface area (Å²) in [5.41, 5.74) is 1.57. The zero-order valence-electron chi connectivity index (χ0n) is 7.66. The fourth-order valence-electron chi connectivity index (χ4n) is 1.18. The first-order valence-electron chi connectivity index (χ1n) is 3.93. The van der Waals surface area contributed by atoms with Gasteiger partial charge in [0.2, 0.25) is 0 Å². The van der Waals surface area contributed by atoms with Crippen LogP contribution in [-0.4, -0.2) is 11.4 Å². The second kappa shape index (κ2) is 4.20. The second-order valence-corrected chi connectivity index (χ2v) is 3.59. The smallest absolute Gasteiger partial charge is 0.123 e. The third-order valence-electron chi connectivity index (χ3n) is 1.92. The van der Waals surface area contributed by atoms with Crippen LogP contribution in [0.2, 0.25) is 0 Å². The maximum absolute atomic E-state index is 9.68. The topological polar surface area (TPSA) is 44.0 Å². The van der Waals surface area contributed by atoms with Crippen molar-refractivity contribution in [2.24, 2.45) is 0 Å². The van der Waals surface area contributed by atoms with Crippen molar-refractivity contribution >= 4 is 11.8 Å². The van der Waals surface area contributed by atoms with Gasteiger partial charge in [-0.2, -0.15) is 5.26 Å². The predicted octanol–water partition coefficient (Wildman–Crippen LogP) is 2.49. The molecule has 1 N–H and O–H groups in total. The van der Waals surface area contributed by atoms with Crippen molar-refractivity contribution in [2.45, 2.75) is 18.2 Å². The highest BCUT2D eigenvalue weighted by atomic mass is 32.2. The van der Waals surface area contributed by atoms with Crippen LogP contribution in [0.3, 0.4) is 0 Å². The Kier molecular flexibility index (Phi) is 3.21. The molecule has 1 aromatic rings. The van der Waals surface area contributed by atoms with Crippen LogP contribution in [0.4, 0.5) is 0 Å². The van der Waals surface area contributed by atoms with Crippen LogP contribution >= 0.6 is 11.8 Å². The molecule has 0 aliphatic carbocycles. The molecule has 0 atom stereocenters. The third-order valence-corrected chi connectivity index (χ3v) is 2.74. The number of rotatable bonds is 2. The number of hydrogen-bond acceptors (Lipinski definition) is 3. The maximum atomic E-state index is 9.68. The molecule has 3 heteroatoms. The van der Waals surface area contributed by atoms with E-state index < -0.39 is 0 Å². The molecule has 2 nitrogen and oxygen atoms in total. The van der Waals surface area contributed by atoms with Gasteiger partial charge in [-0.05, 0) is 24.8 Å². The largest absolute Gasteiger partial charge is 0.507 e. The van der Waals surface area contributed by atoms with Gasteiger partial charge in [0.15, 0.2) is 0 Å². The molecule has 0 unspecified atom stereocenters. The first-order valence-corrected chi connectivity index (χ1v) is 5.15. The summed E-state index contributed by atoms with van der Waals surface area (Å²) in [5.74, 6) is 0.258. The summed E-state index contributed by atoms with van der Waals surface area (Å²) in [5, 5.41) is 18.3. The number of aromatic hydroxyl groups is 1. The number of nitriles is 1. The van der Waals surface area contributed by atoms with E-state index in [1.165, 1.54) is 0 Å². The summed E-state index contributed by atoms with van der Waals surface area (Å²) < 4.78 is 0. The molecule has 0 spiro atoms. The fraction of sp³-hybridized carbons (Fsp3) is 0.300. The van der Waals surface area contributed by atoms with E-state index in [-0.39, 0.29) is 12.2 Å². The molecule has 0 amide bonds. The zero-order chi connectivity index (χ0) is 9.84. The van der Waals surface area contributed by atoms with Gasteiger partial charge in [-0.15, -0.1) is 11.8 Å². The number of nitrogens with zero attached hydrogens (tertiary/aromatic N) is 1. The van der Waals surface area contributed by atoms with Crippen molar-refractivity contribution in [3.63, 3.8) is 0 Å². The lowest BCUT2D eigenvalue weighted by Gasteiger charge is -2.08. The number of aryl methyl sites for hydroxylation is 1. The molecule has 1 aromatic carbocycles. The van der Waals surface area contributed by atoms with E-state index in [4.69, 9.17) is 5.26 Å².